The summed E-state index contributed by atoms with van der Waals surface area (Å²) in [6, 6.07) is 0.649. The summed E-state index contributed by atoms with van der Waals surface area (Å²) in [6.07, 6.45) is 6.95. The highest BCUT2D eigenvalue weighted by Crippen LogP contribution is 2.28. The molecule has 2 unspecified atom stereocenters. The van der Waals surface area contributed by atoms with Gasteiger partial charge in [-0.25, -0.2) is 0 Å². The van der Waals surface area contributed by atoms with Crippen molar-refractivity contribution in [3.8, 4) is 0 Å². The van der Waals surface area contributed by atoms with E-state index in [-0.39, 0.29) is 5.41 Å². The number of rotatable bonds is 6. The number of nitrogens with zero attached hydrogens (tertiary/aromatic N) is 1. The van der Waals surface area contributed by atoms with E-state index in [9.17, 15) is 0 Å². The van der Waals surface area contributed by atoms with Crippen LogP contribution in [0.1, 0.15) is 39.5 Å². The zero-order valence-electron chi connectivity index (χ0n) is 11.1. The van der Waals surface area contributed by atoms with Crippen LogP contribution < -0.4 is 11.1 Å². The Morgan fingerprint density at radius 2 is 2.24 bits per heavy atom. The Hall–Kier alpha value is -0.420. The van der Waals surface area contributed by atoms with Gasteiger partial charge in [0.05, 0.1) is 0 Å². The van der Waals surface area contributed by atoms with Crippen molar-refractivity contribution in [1.82, 2.24) is 5.32 Å². The van der Waals surface area contributed by atoms with Crippen LogP contribution in [0.25, 0.3) is 0 Å². The van der Waals surface area contributed by atoms with Crippen LogP contribution >= 0.6 is 11.8 Å². The molecule has 1 saturated carbocycles. The molecule has 1 fully saturated rings. The quantitative estimate of drug-likeness (QED) is 0.295. The van der Waals surface area contributed by atoms with Crippen LogP contribution in [0.3, 0.4) is 0 Å². The fraction of sp³-hybridized carbons (Fsp3) is 0.917. The molecule has 1 aliphatic rings. The largest absolute Gasteiger partial charge is 0.409 e. The molecule has 0 radical (unpaired) electrons. The summed E-state index contributed by atoms with van der Waals surface area (Å²) in [6.45, 7) is 4.93. The molecule has 1 aliphatic carbocycles. The highest BCUT2D eigenvalue weighted by Gasteiger charge is 2.26. The normalized spacial score (nSPS) is 26.4. The van der Waals surface area contributed by atoms with E-state index in [1.54, 1.807) is 0 Å². The molecule has 0 spiro atoms. The average Bonchev–Trinajstić information content (AvgIpc) is 2.75. The summed E-state index contributed by atoms with van der Waals surface area (Å²) < 4.78 is 0. The SMILES string of the molecule is CSC1CCC(NCCC(C)(C)C(N)=NO)C1. The Balaban J connectivity index is 2.24. The smallest absolute Gasteiger partial charge is 0.144 e. The van der Waals surface area contributed by atoms with Crippen molar-refractivity contribution in [3.63, 3.8) is 0 Å². The number of amidine groups is 1. The van der Waals surface area contributed by atoms with E-state index in [2.05, 4.69) is 16.7 Å². The van der Waals surface area contributed by atoms with Gasteiger partial charge in [0, 0.05) is 16.7 Å². The molecule has 0 aromatic carbocycles. The molecule has 4 N–H and O–H groups in total. The monoisotopic (exact) mass is 259 g/mol. The minimum atomic E-state index is -0.237. The molecule has 0 aliphatic heterocycles. The molecule has 0 bridgehead atoms. The van der Waals surface area contributed by atoms with Crippen molar-refractivity contribution in [3.05, 3.63) is 0 Å². The highest BCUT2D eigenvalue weighted by atomic mass is 32.2. The number of nitrogens with two attached hydrogens (primary N) is 1. The van der Waals surface area contributed by atoms with E-state index in [0.29, 0.717) is 11.9 Å². The fourth-order valence-corrected chi connectivity index (χ4v) is 2.99. The van der Waals surface area contributed by atoms with Gasteiger partial charge >= 0.3 is 0 Å². The first-order valence-corrected chi connectivity index (χ1v) is 7.52. The van der Waals surface area contributed by atoms with Gasteiger partial charge in [0.2, 0.25) is 0 Å². The van der Waals surface area contributed by atoms with E-state index in [1.165, 1.54) is 19.3 Å². The first kappa shape index (κ1) is 14.6. The summed E-state index contributed by atoms with van der Waals surface area (Å²) in [4.78, 5) is 0. The second-order valence-corrected chi connectivity index (χ2v) is 6.58. The van der Waals surface area contributed by atoms with Gasteiger partial charge in [0.15, 0.2) is 0 Å². The van der Waals surface area contributed by atoms with E-state index in [0.717, 1.165) is 18.2 Å². The van der Waals surface area contributed by atoms with Crippen LogP contribution in [0.2, 0.25) is 0 Å². The maximum absolute atomic E-state index is 8.69. The van der Waals surface area contributed by atoms with Crippen LogP contribution in [0.15, 0.2) is 5.16 Å². The van der Waals surface area contributed by atoms with Crippen LogP contribution in [-0.4, -0.2) is 35.1 Å². The third-order valence-electron chi connectivity index (χ3n) is 3.70. The summed E-state index contributed by atoms with van der Waals surface area (Å²) in [5, 5.41) is 16.2. The summed E-state index contributed by atoms with van der Waals surface area (Å²) in [7, 11) is 0. The van der Waals surface area contributed by atoms with Crippen LogP contribution in [-0.2, 0) is 0 Å². The minimum Gasteiger partial charge on any atom is -0.409 e. The number of hydrogen-bond donors (Lipinski definition) is 3. The fourth-order valence-electron chi connectivity index (χ4n) is 2.19. The van der Waals surface area contributed by atoms with Crippen molar-refractivity contribution < 1.29 is 5.21 Å². The zero-order chi connectivity index (χ0) is 12.9. The zero-order valence-corrected chi connectivity index (χ0v) is 11.9. The second-order valence-electron chi connectivity index (χ2n) is 5.44. The lowest BCUT2D eigenvalue weighted by Crippen LogP contribution is -2.37. The molecular formula is C12H25N3OS. The average molecular weight is 259 g/mol. The summed E-state index contributed by atoms with van der Waals surface area (Å²) >= 11 is 1.97. The molecule has 100 valence electrons. The van der Waals surface area contributed by atoms with Gasteiger partial charge in [0.1, 0.15) is 5.84 Å². The van der Waals surface area contributed by atoms with E-state index in [4.69, 9.17) is 10.9 Å². The van der Waals surface area contributed by atoms with Crippen molar-refractivity contribution in [2.75, 3.05) is 12.8 Å². The van der Waals surface area contributed by atoms with Crippen molar-refractivity contribution >= 4 is 17.6 Å². The van der Waals surface area contributed by atoms with Gasteiger partial charge in [0.25, 0.3) is 0 Å². The molecule has 0 aromatic rings. The topological polar surface area (TPSA) is 70.6 Å². The molecule has 0 saturated heterocycles. The lowest BCUT2D eigenvalue weighted by molar-refractivity contribution is 0.304. The van der Waals surface area contributed by atoms with Crippen LogP contribution in [0.4, 0.5) is 0 Å². The Labute approximate surface area is 108 Å². The van der Waals surface area contributed by atoms with E-state index < -0.39 is 0 Å². The van der Waals surface area contributed by atoms with Gasteiger partial charge in [-0.15, -0.1) is 0 Å². The Morgan fingerprint density at radius 1 is 1.53 bits per heavy atom. The first-order chi connectivity index (χ1) is 7.99. The molecule has 2 atom stereocenters. The standard InChI is InChI=1S/C12H25N3OS/c1-12(2,11(13)15-16)6-7-14-9-4-5-10(8-9)17-3/h9-10,14,16H,4-8H2,1-3H3,(H2,13,15). The van der Waals surface area contributed by atoms with Crippen molar-refractivity contribution in [2.45, 2.75) is 50.8 Å². The Bertz CT molecular complexity index is 268. The summed E-state index contributed by atoms with van der Waals surface area (Å²) in [5.74, 6) is 0.313. The Kier molecular flexibility index (Phi) is 5.59. The Morgan fingerprint density at radius 3 is 2.76 bits per heavy atom. The molecule has 0 amide bonds. The van der Waals surface area contributed by atoms with Crippen LogP contribution in [0.5, 0.6) is 0 Å². The molecular weight excluding hydrogens is 234 g/mol. The third kappa shape index (κ3) is 4.39. The van der Waals surface area contributed by atoms with Gasteiger partial charge in [-0.2, -0.15) is 11.8 Å². The van der Waals surface area contributed by atoms with Gasteiger partial charge in [-0.3, -0.25) is 0 Å². The van der Waals surface area contributed by atoms with Crippen molar-refractivity contribution in [2.24, 2.45) is 16.3 Å². The maximum Gasteiger partial charge on any atom is 0.144 e. The molecule has 4 nitrogen and oxygen atoms in total. The van der Waals surface area contributed by atoms with Crippen molar-refractivity contribution in [1.29, 1.82) is 0 Å². The second kappa shape index (κ2) is 6.50. The molecule has 0 heterocycles. The van der Waals surface area contributed by atoms with E-state index in [1.807, 2.05) is 25.6 Å². The highest BCUT2D eigenvalue weighted by molar-refractivity contribution is 7.99. The number of oxime groups is 1. The number of hydrogen-bond acceptors (Lipinski definition) is 4. The van der Waals surface area contributed by atoms with Crippen LogP contribution in [0, 0.1) is 5.41 Å². The minimum absolute atomic E-state index is 0.237. The van der Waals surface area contributed by atoms with E-state index >= 15 is 0 Å². The lowest BCUT2D eigenvalue weighted by Gasteiger charge is -2.24. The lowest BCUT2D eigenvalue weighted by atomic mass is 9.88. The molecule has 5 heteroatoms. The molecule has 0 aromatic heterocycles. The predicted octanol–water partition coefficient (Wildman–Crippen LogP) is 2.02. The van der Waals surface area contributed by atoms with Gasteiger partial charge < -0.3 is 16.3 Å². The molecule has 17 heavy (non-hydrogen) atoms. The summed E-state index contributed by atoms with van der Waals surface area (Å²) in [5.41, 5.74) is 5.42. The van der Waals surface area contributed by atoms with Gasteiger partial charge in [-0.05, 0) is 38.5 Å². The molecule has 1 rings (SSSR count). The number of thioether (sulfide) groups is 1. The maximum atomic E-state index is 8.69. The number of nitrogens with one attached hydrogen (secondary N) is 1. The van der Waals surface area contributed by atoms with Gasteiger partial charge in [-0.1, -0.05) is 19.0 Å². The third-order valence-corrected chi connectivity index (χ3v) is 4.80. The predicted molar refractivity (Wildman–Crippen MR) is 74.8 cm³/mol. The first-order valence-electron chi connectivity index (χ1n) is 6.24.